The normalized spacial score (nSPS) is 15.0. The van der Waals surface area contributed by atoms with Crippen LogP contribution in [0, 0.1) is 0 Å². The van der Waals surface area contributed by atoms with E-state index in [0.29, 0.717) is 12.5 Å². The molecule has 0 saturated heterocycles. The summed E-state index contributed by atoms with van der Waals surface area (Å²) in [6, 6.07) is 25.7. The molecule has 2 nitrogen and oxygen atoms in total. The van der Waals surface area contributed by atoms with Crippen molar-refractivity contribution in [1.29, 1.82) is 0 Å². The molecule has 144 valence electrons. The molecule has 28 heavy (non-hydrogen) atoms. The molecule has 2 heteroatoms. The Balaban J connectivity index is 1.67. The minimum atomic E-state index is -0.357. The Hall–Kier alpha value is -2.58. The van der Waals surface area contributed by atoms with Crippen LogP contribution in [0.25, 0.3) is 11.1 Å². The zero-order valence-corrected chi connectivity index (χ0v) is 16.9. The lowest BCUT2D eigenvalue weighted by atomic mass is 9.96. The zero-order chi connectivity index (χ0) is 19.5. The molecular formula is C26H28O2. The van der Waals surface area contributed by atoms with Crippen LogP contribution in [0.4, 0.5) is 0 Å². The molecule has 3 aromatic rings. The van der Waals surface area contributed by atoms with Gasteiger partial charge in [0.2, 0.25) is 6.29 Å². The van der Waals surface area contributed by atoms with Crippen molar-refractivity contribution in [3.05, 3.63) is 89.5 Å². The van der Waals surface area contributed by atoms with Crippen LogP contribution < -0.4 is 4.74 Å². The van der Waals surface area contributed by atoms with Crippen LogP contribution in [0.2, 0.25) is 0 Å². The highest BCUT2D eigenvalue weighted by Crippen LogP contribution is 2.47. The minimum absolute atomic E-state index is 0.0709. The van der Waals surface area contributed by atoms with Crippen molar-refractivity contribution >= 4 is 0 Å². The van der Waals surface area contributed by atoms with Crippen molar-refractivity contribution in [3.63, 3.8) is 0 Å². The Kier molecular flexibility index (Phi) is 5.50. The van der Waals surface area contributed by atoms with E-state index in [4.69, 9.17) is 9.47 Å². The number of benzene rings is 3. The van der Waals surface area contributed by atoms with Gasteiger partial charge in [0.1, 0.15) is 5.75 Å². The quantitative estimate of drug-likeness (QED) is 0.427. The third-order valence-electron chi connectivity index (χ3n) is 5.80. The summed E-state index contributed by atoms with van der Waals surface area (Å²) in [7, 11) is 0. The van der Waals surface area contributed by atoms with Gasteiger partial charge < -0.3 is 9.47 Å². The highest BCUT2D eigenvalue weighted by atomic mass is 16.7. The van der Waals surface area contributed by atoms with Crippen LogP contribution in [0.1, 0.15) is 55.7 Å². The molecule has 0 saturated carbocycles. The lowest BCUT2D eigenvalue weighted by molar-refractivity contribution is -0.0841. The molecule has 0 radical (unpaired) electrons. The SMILES string of the molecule is CCOC(Oc1ccc(C(C)CC)cc1)C1c2ccccc2-c2ccccc21. The molecule has 3 aromatic carbocycles. The second-order valence-corrected chi connectivity index (χ2v) is 7.47. The average molecular weight is 373 g/mol. The molecule has 0 spiro atoms. The summed E-state index contributed by atoms with van der Waals surface area (Å²) < 4.78 is 12.5. The molecule has 1 aliphatic carbocycles. The summed E-state index contributed by atoms with van der Waals surface area (Å²) in [5.74, 6) is 1.49. The van der Waals surface area contributed by atoms with E-state index in [-0.39, 0.29) is 12.2 Å². The third kappa shape index (κ3) is 3.45. The van der Waals surface area contributed by atoms with Gasteiger partial charge in [-0.05, 0) is 59.2 Å². The largest absolute Gasteiger partial charge is 0.464 e. The van der Waals surface area contributed by atoms with E-state index in [1.54, 1.807) is 0 Å². The first-order valence-corrected chi connectivity index (χ1v) is 10.3. The van der Waals surface area contributed by atoms with E-state index in [1.807, 2.05) is 6.92 Å². The minimum Gasteiger partial charge on any atom is -0.464 e. The maximum absolute atomic E-state index is 6.40. The van der Waals surface area contributed by atoms with Gasteiger partial charge in [-0.2, -0.15) is 0 Å². The summed E-state index contributed by atoms with van der Waals surface area (Å²) >= 11 is 0. The Morgan fingerprint density at radius 3 is 1.89 bits per heavy atom. The van der Waals surface area contributed by atoms with E-state index < -0.39 is 0 Å². The van der Waals surface area contributed by atoms with Gasteiger partial charge in [0.05, 0.1) is 5.92 Å². The molecule has 0 fully saturated rings. The van der Waals surface area contributed by atoms with Crippen LogP contribution in [0.3, 0.4) is 0 Å². The zero-order valence-electron chi connectivity index (χ0n) is 16.9. The molecular weight excluding hydrogens is 344 g/mol. The number of rotatable bonds is 7. The smallest absolute Gasteiger partial charge is 0.210 e. The first kappa shape index (κ1) is 18.8. The Labute approximate surface area is 168 Å². The van der Waals surface area contributed by atoms with Crippen LogP contribution >= 0.6 is 0 Å². The van der Waals surface area contributed by atoms with Gasteiger partial charge in [0, 0.05) is 6.61 Å². The van der Waals surface area contributed by atoms with Crippen LogP contribution in [0.5, 0.6) is 5.75 Å². The first-order valence-electron chi connectivity index (χ1n) is 10.3. The average Bonchev–Trinajstić information content (AvgIpc) is 3.08. The molecule has 0 aromatic heterocycles. The maximum atomic E-state index is 6.40. The number of hydrogen-bond donors (Lipinski definition) is 0. The van der Waals surface area contributed by atoms with Crippen molar-refractivity contribution in [2.45, 2.75) is 45.3 Å². The van der Waals surface area contributed by atoms with Crippen molar-refractivity contribution in [2.24, 2.45) is 0 Å². The van der Waals surface area contributed by atoms with Gasteiger partial charge in [-0.3, -0.25) is 0 Å². The number of hydrogen-bond acceptors (Lipinski definition) is 2. The fraction of sp³-hybridized carbons (Fsp3) is 0.308. The molecule has 0 amide bonds. The molecule has 0 heterocycles. The summed E-state index contributed by atoms with van der Waals surface area (Å²) in [6.45, 7) is 7.10. The van der Waals surface area contributed by atoms with Crippen LogP contribution in [0.15, 0.2) is 72.8 Å². The summed E-state index contributed by atoms with van der Waals surface area (Å²) in [6.07, 6.45) is 0.779. The van der Waals surface area contributed by atoms with Crippen molar-refractivity contribution in [3.8, 4) is 16.9 Å². The number of ether oxygens (including phenoxy) is 2. The highest BCUT2D eigenvalue weighted by molar-refractivity contribution is 5.78. The summed E-state index contributed by atoms with van der Waals surface area (Å²) in [5, 5.41) is 0. The van der Waals surface area contributed by atoms with Crippen molar-refractivity contribution < 1.29 is 9.47 Å². The molecule has 4 rings (SSSR count). The van der Waals surface area contributed by atoms with Gasteiger partial charge in [-0.15, -0.1) is 0 Å². The fourth-order valence-electron chi connectivity index (χ4n) is 4.10. The Morgan fingerprint density at radius 1 is 0.786 bits per heavy atom. The number of fused-ring (bicyclic) bond motifs is 3. The third-order valence-corrected chi connectivity index (χ3v) is 5.80. The molecule has 1 aliphatic rings. The topological polar surface area (TPSA) is 18.5 Å². The fourth-order valence-corrected chi connectivity index (χ4v) is 4.10. The van der Waals surface area contributed by atoms with Crippen molar-refractivity contribution in [1.82, 2.24) is 0 Å². The molecule has 0 N–H and O–H groups in total. The van der Waals surface area contributed by atoms with E-state index in [1.165, 1.54) is 27.8 Å². The monoisotopic (exact) mass is 372 g/mol. The molecule has 2 atom stereocenters. The lowest BCUT2D eigenvalue weighted by Crippen LogP contribution is -2.28. The molecule has 0 bridgehead atoms. The Bertz CT molecular complexity index is 884. The second kappa shape index (κ2) is 8.20. The molecule has 0 aliphatic heterocycles. The van der Waals surface area contributed by atoms with Gasteiger partial charge in [-0.25, -0.2) is 0 Å². The van der Waals surface area contributed by atoms with Gasteiger partial charge in [0.25, 0.3) is 0 Å². The Morgan fingerprint density at radius 2 is 1.36 bits per heavy atom. The predicted octanol–water partition coefficient (Wildman–Crippen LogP) is 6.75. The highest BCUT2D eigenvalue weighted by Gasteiger charge is 2.36. The van der Waals surface area contributed by atoms with E-state index in [9.17, 15) is 0 Å². The summed E-state index contributed by atoms with van der Waals surface area (Å²) in [4.78, 5) is 0. The van der Waals surface area contributed by atoms with Crippen LogP contribution in [-0.4, -0.2) is 12.9 Å². The van der Waals surface area contributed by atoms with E-state index >= 15 is 0 Å². The van der Waals surface area contributed by atoms with Gasteiger partial charge in [-0.1, -0.05) is 74.5 Å². The van der Waals surface area contributed by atoms with Gasteiger partial charge in [0.15, 0.2) is 0 Å². The standard InChI is InChI=1S/C26H28O2/c1-4-18(3)19-14-16-20(17-15-19)28-26(27-5-2)25-23-12-8-6-10-21(23)22-11-7-9-13-24(22)25/h6-18,25-26H,4-5H2,1-3H3. The first-order chi connectivity index (χ1) is 13.7. The maximum Gasteiger partial charge on any atom is 0.210 e. The van der Waals surface area contributed by atoms with E-state index in [2.05, 4.69) is 86.6 Å². The molecule has 2 unspecified atom stereocenters. The summed E-state index contributed by atoms with van der Waals surface area (Å²) in [5.41, 5.74) is 6.46. The van der Waals surface area contributed by atoms with Crippen molar-refractivity contribution in [2.75, 3.05) is 6.61 Å². The second-order valence-electron chi connectivity index (χ2n) is 7.47. The van der Waals surface area contributed by atoms with Gasteiger partial charge >= 0.3 is 0 Å². The van der Waals surface area contributed by atoms with E-state index in [0.717, 1.165) is 12.2 Å². The predicted molar refractivity (Wildman–Crippen MR) is 115 cm³/mol. The lowest BCUT2D eigenvalue weighted by Gasteiger charge is -2.26. The van der Waals surface area contributed by atoms with Crippen LogP contribution in [-0.2, 0) is 4.74 Å².